The zero-order valence-electron chi connectivity index (χ0n) is 10.5. The summed E-state index contributed by atoms with van der Waals surface area (Å²) in [6.45, 7) is 0. The number of hydrogen-bond acceptors (Lipinski definition) is 4. The number of carbonyl (C=O) groups is 2. The van der Waals surface area contributed by atoms with E-state index in [2.05, 4.69) is 27.9 Å². The van der Waals surface area contributed by atoms with Crippen LogP contribution in [-0.4, -0.2) is 24.1 Å². The second kappa shape index (κ2) is 5.33. The Labute approximate surface area is 129 Å². The van der Waals surface area contributed by atoms with Gasteiger partial charge in [0.05, 0.1) is 23.8 Å². The quantitative estimate of drug-likeness (QED) is 0.779. The fourth-order valence-corrected chi connectivity index (χ4v) is 3.61. The van der Waals surface area contributed by atoms with Crippen molar-refractivity contribution in [1.82, 2.24) is 0 Å². The summed E-state index contributed by atoms with van der Waals surface area (Å²) in [6, 6.07) is 7.37. The summed E-state index contributed by atoms with van der Waals surface area (Å²) in [6.07, 6.45) is 0.744. The number of hydrogen-bond donors (Lipinski definition) is 1. The van der Waals surface area contributed by atoms with Crippen LogP contribution in [0, 0.1) is 15.4 Å². The van der Waals surface area contributed by atoms with Crippen LogP contribution in [0.3, 0.4) is 0 Å². The van der Waals surface area contributed by atoms with Gasteiger partial charge >= 0.3 is 0 Å². The van der Waals surface area contributed by atoms with Gasteiger partial charge in [-0.3, -0.25) is 4.79 Å². The van der Waals surface area contributed by atoms with Crippen molar-refractivity contribution in [3.63, 3.8) is 0 Å². The molecule has 5 nitrogen and oxygen atoms in total. The fraction of sp³-hybridized carbons (Fsp3) is 0.429. The number of rotatable bonds is 3. The molecule has 2 aliphatic heterocycles. The number of halogens is 1. The molecule has 2 heterocycles. The Morgan fingerprint density at radius 3 is 2.50 bits per heavy atom. The summed E-state index contributed by atoms with van der Waals surface area (Å²) in [5.41, 5.74) is 0.693. The number of para-hydroxylation sites is 1. The first-order chi connectivity index (χ1) is 9.58. The highest BCUT2D eigenvalue weighted by atomic mass is 127. The molecular formula is C14H13INO4-. The molecule has 0 spiro atoms. The van der Waals surface area contributed by atoms with Crippen molar-refractivity contribution in [2.45, 2.75) is 25.0 Å². The average molecular weight is 386 g/mol. The second-order valence-corrected chi connectivity index (χ2v) is 6.29. The molecule has 0 saturated carbocycles. The van der Waals surface area contributed by atoms with E-state index in [1.165, 1.54) is 0 Å². The number of carbonyl (C=O) groups excluding carboxylic acids is 2. The standard InChI is InChI=1S/C14H14INO4/c15-7-3-1-2-4-8(7)16-13(17)11-9-5-6-10(20-9)12(11)14(18)19/h1-4,9-12H,5-6H2,(H,16,17)(H,18,19)/p-1/t9-,10+,11-,12-/m0/s1. The van der Waals surface area contributed by atoms with E-state index in [9.17, 15) is 14.7 Å². The molecular weight excluding hydrogens is 373 g/mol. The lowest BCUT2D eigenvalue weighted by Gasteiger charge is -2.27. The number of nitrogens with one attached hydrogen (secondary N) is 1. The number of fused-ring (bicyclic) bond motifs is 2. The lowest BCUT2D eigenvalue weighted by atomic mass is 9.78. The number of carboxylic acid groups (broad SMARTS) is 1. The molecule has 0 aliphatic carbocycles. The van der Waals surface area contributed by atoms with E-state index in [4.69, 9.17) is 4.74 Å². The molecule has 106 valence electrons. The SMILES string of the molecule is O=C(Nc1ccccc1I)[C@@H]1[C@@H](C(=O)[O-])[C@H]2CC[C@@H]1O2. The number of anilines is 1. The molecule has 20 heavy (non-hydrogen) atoms. The predicted molar refractivity (Wildman–Crippen MR) is 77.7 cm³/mol. The molecule has 1 N–H and O–H groups in total. The number of amides is 1. The van der Waals surface area contributed by atoms with Gasteiger partial charge < -0.3 is 20.0 Å². The highest BCUT2D eigenvalue weighted by molar-refractivity contribution is 14.1. The highest BCUT2D eigenvalue weighted by Crippen LogP contribution is 2.43. The minimum Gasteiger partial charge on any atom is -0.550 e. The largest absolute Gasteiger partial charge is 0.550 e. The van der Waals surface area contributed by atoms with Gasteiger partial charge in [0.25, 0.3) is 0 Å². The second-order valence-electron chi connectivity index (χ2n) is 5.13. The first kappa shape index (κ1) is 13.8. The smallest absolute Gasteiger partial charge is 0.230 e. The maximum Gasteiger partial charge on any atom is 0.230 e. The van der Waals surface area contributed by atoms with E-state index >= 15 is 0 Å². The molecule has 6 heteroatoms. The molecule has 3 rings (SSSR count). The van der Waals surface area contributed by atoms with Crippen LogP contribution in [0.5, 0.6) is 0 Å². The topological polar surface area (TPSA) is 78.5 Å². The highest BCUT2D eigenvalue weighted by Gasteiger charge is 2.52. The number of ether oxygens (including phenoxy) is 1. The van der Waals surface area contributed by atoms with Crippen molar-refractivity contribution in [1.29, 1.82) is 0 Å². The van der Waals surface area contributed by atoms with Crippen LogP contribution in [0.25, 0.3) is 0 Å². The monoisotopic (exact) mass is 386 g/mol. The van der Waals surface area contributed by atoms with Gasteiger partial charge in [0.2, 0.25) is 5.91 Å². The summed E-state index contributed by atoms with van der Waals surface area (Å²) >= 11 is 2.12. The Balaban J connectivity index is 1.80. The van der Waals surface area contributed by atoms with E-state index in [0.717, 1.165) is 9.99 Å². The van der Waals surface area contributed by atoms with Gasteiger partial charge in [-0.05, 0) is 47.6 Å². The Hall–Kier alpha value is -1.15. The van der Waals surface area contributed by atoms with E-state index < -0.39 is 17.8 Å². The molecule has 4 atom stereocenters. The van der Waals surface area contributed by atoms with E-state index in [1.54, 1.807) is 6.07 Å². The molecule has 0 unspecified atom stereocenters. The minimum absolute atomic E-state index is 0.296. The maximum atomic E-state index is 12.4. The van der Waals surface area contributed by atoms with Crippen molar-refractivity contribution in [2.75, 3.05) is 5.32 Å². The van der Waals surface area contributed by atoms with Gasteiger partial charge in [0.1, 0.15) is 0 Å². The normalized spacial score (nSPS) is 31.2. The van der Waals surface area contributed by atoms with Crippen LogP contribution >= 0.6 is 22.6 Å². The Morgan fingerprint density at radius 2 is 1.85 bits per heavy atom. The van der Waals surface area contributed by atoms with Gasteiger partial charge in [-0.2, -0.15) is 0 Å². The Bertz CT molecular complexity index is 562. The number of benzene rings is 1. The first-order valence-corrected chi connectivity index (χ1v) is 7.57. The van der Waals surface area contributed by atoms with Crippen LogP contribution in [0.4, 0.5) is 5.69 Å². The zero-order chi connectivity index (χ0) is 14.3. The molecule has 1 amide bonds. The van der Waals surface area contributed by atoms with Crippen LogP contribution in [0.15, 0.2) is 24.3 Å². The molecule has 0 radical (unpaired) electrons. The number of carboxylic acids is 1. The molecule has 2 saturated heterocycles. The summed E-state index contributed by atoms with van der Waals surface area (Å²) in [4.78, 5) is 23.6. The molecule has 1 aromatic rings. The summed E-state index contributed by atoms with van der Waals surface area (Å²) in [5, 5.41) is 14.1. The molecule has 2 bridgehead atoms. The predicted octanol–water partition coefficient (Wildman–Crippen LogP) is 0.773. The van der Waals surface area contributed by atoms with E-state index in [-0.39, 0.29) is 18.1 Å². The Morgan fingerprint density at radius 1 is 1.20 bits per heavy atom. The van der Waals surface area contributed by atoms with E-state index in [0.29, 0.717) is 12.1 Å². The first-order valence-electron chi connectivity index (χ1n) is 6.49. The third-order valence-corrected chi connectivity index (χ3v) is 4.92. The molecule has 1 aromatic carbocycles. The molecule has 0 aromatic heterocycles. The van der Waals surface area contributed by atoms with Crippen LogP contribution in [0.1, 0.15) is 12.8 Å². The molecule has 2 fully saturated rings. The molecule has 2 aliphatic rings. The van der Waals surface area contributed by atoms with Crippen LogP contribution in [0.2, 0.25) is 0 Å². The maximum absolute atomic E-state index is 12.4. The summed E-state index contributed by atoms with van der Waals surface area (Å²) < 4.78 is 6.47. The van der Waals surface area contributed by atoms with Crippen molar-refractivity contribution >= 4 is 40.2 Å². The summed E-state index contributed by atoms with van der Waals surface area (Å²) in [7, 11) is 0. The fourth-order valence-electron chi connectivity index (χ4n) is 3.09. The third kappa shape index (κ3) is 2.31. The van der Waals surface area contributed by atoms with Crippen molar-refractivity contribution < 1.29 is 19.4 Å². The van der Waals surface area contributed by atoms with Gasteiger partial charge in [-0.25, -0.2) is 0 Å². The van der Waals surface area contributed by atoms with Gasteiger partial charge in [-0.1, -0.05) is 12.1 Å². The summed E-state index contributed by atoms with van der Waals surface area (Å²) in [5.74, 6) is -2.99. The van der Waals surface area contributed by atoms with Gasteiger partial charge in [0, 0.05) is 15.5 Å². The Kier molecular flexibility index (Phi) is 3.68. The van der Waals surface area contributed by atoms with Crippen molar-refractivity contribution in [3.8, 4) is 0 Å². The number of aliphatic carboxylic acids is 1. The van der Waals surface area contributed by atoms with Crippen molar-refractivity contribution in [2.24, 2.45) is 11.8 Å². The third-order valence-electron chi connectivity index (χ3n) is 3.98. The van der Waals surface area contributed by atoms with Gasteiger partial charge in [0.15, 0.2) is 0 Å². The van der Waals surface area contributed by atoms with Gasteiger partial charge in [-0.15, -0.1) is 0 Å². The average Bonchev–Trinajstić information content (AvgIpc) is 3.01. The van der Waals surface area contributed by atoms with Crippen molar-refractivity contribution in [3.05, 3.63) is 27.8 Å². The van der Waals surface area contributed by atoms with Crippen LogP contribution < -0.4 is 10.4 Å². The lowest BCUT2D eigenvalue weighted by Crippen LogP contribution is -2.46. The van der Waals surface area contributed by atoms with E-state index in [1.807, 2.05) is 18.2 Å². The minimum atomic E-state index is -1.19. The lowest BCUT2D eigenvalue weighted by molar-refractivity contribution is -0.313. The zero-order valence-corrected chi connectivity index (χ0v) is 12.7. The van der Waals surface area contributed by atoms with Crippen LogP contribution in [-0.2, 0) is 14.3 Å².